The topological polar surface area (TPSA) is 35.5 Å². The summed E-state index contributed by atoms with van der Waals surface area (Å²) in [5.41, 5.74) is 0. The van der Waals surface area contributed by atoms with Crippen molar-refractivity contribution in [2.75, 3.05) is 6.61 Å². The van der Waals surface area contributed by atoms with Gasteiger partial charge in [0, 0.05) is 0 Å². The summed E-state index contributed by atoms with van der Waals surface area (Å²) in [6, 6.07) is 0. The Labute approximate surface area is 207 Å². The van der Waals surface area contributed by atoms with Gasteiger partial charge in [-0.3, -0.25) is 0 Å². The Kier molecular flexibility index (Phi) is 23.4. The van der Waals surface area contributed by atoms with Gasteiger partial charge in [-0.05, 0) is 43.9 Å². The van der Waals surface area contributed by atoms with Gasteiger partial charge in [0.15, 0.2) is 0 Å². The first kappa shape index (κ1) is 32.0. The number of hydrogen-bond acceptors (Lipinski definition) is 3. The molecule has 0 heterocycles. The molecule has 0 spiro atoms. The highest BCUT2D eigenvalue weighted by atomic mass is 16.7. The van der Waals surface area contributed by atoms with Crippen molar-refractivity contribution < 1.29 is 14.3 Å². The number of rotatable bonds is 23. The molecule has 0 aliphatic carbocycles. The van der Waals surface area contributed by atoms with Gasteiger partial charge in [-0.2, -0.15) is 0 Å². The molecule has 3 heteroatoms. The second kappa shape index (κ2) is 24.1. The monoisotopic (exact) mass is 466 g/mol. The minimum Gasteiger partial charge on any atom is -0.434 e. The number of hydrogen-bond donors (Lipinski definition) is 0. The van der Waals surface area contributed by atoms with Gasteiger partial charge < -0.3 is 9.47 Å². The van der Waals surface area contributed by atoms with Crippen LogP contribution in [-0.2, 0) is 9.47 Å². The largest absolute Gasteiger partial charge is 0.508 e. The lowest BCUT2D eigenvalue weighted by molar-refractivity contribution is -0.0110. The highest BCUT2D eigenvalue weighted by molar-refractivity contribution is 5.60. The summed E-state index contributed by atoms with van der Waals surface area (Å²) < 4.78 is 10.7. The summed E-state index contributed by atoms with van der Waals surface area (Å²) in [4.78, 5) is 11.8. The molecule has 0 unspecified atom stereocenters. The zero-order valence-corrected chi connectivity index (χ0v) is 23.0. The number of unbranched alkanes of at least 4 members (excludes halogenated alkanes) is 16. The van der Waals surface area contributed by atoms with Gasteiger partial charge in [-0.15, -0.1) is 0 Å². The second-order valence-corrected chi connectivity index (χ2v) is 10.5. The highest BCUT2D eigenvalue weighted by Gasteiger charge is 2.22. The Balaban J connectivity index is 3.31. The Morgan fingerprint density at radius 3 is 1.42 bits per heavy atom. The fraction of sp³-hybridized carbons (Fsp3) is 0.900. The number of allylic oxidation sites excluding steroid dienone is 2. The first-order chi connectivity index (χ1) is 16.0. The van der Waals surface area contributed by atoms with Crippen LogP contribution in [-0.4, -0.2) is 18.9 Å². The maximum atomic E-state index is 11.8. The standard InChI is InChI=1S/C30H58O3/c1-6-7-8-9-10-11-12-13-14-15-16-17-18-19-20-21-22-23-24-25-26-32-30(31)33-29(27(2)3)28(4)5/h13-14,27-29H,6-12,15-26H2,1-5H3/b14-13-. The van der Waals surface area contributed by atoms with Gasteiger partial charge in [-0.1, -0.05) is 130 Å². The van der Waals surface area contributed by atoms with Crippen LogP contribution in [0.3, 0.4) is 0 Å². The molecule has 0 aliphatic rings. The molecule has 0 amide bonds. The lowest BCUT2D eigenvalue weighted by Crippen LogP contribution is -2.29. The fourth-order valence-corrected chi connectivity index (χ4v) is 4.40. The Hall–Kier alpha value is -0.990. The van der Waals surface area contributed by atoms with Crippen molar-refractivity contribution >= 4 is 6.16 Å². The van der Waals surface area contributed by atoms with Crippen molar-refractivity contribution in [3.8, 4) is 0 Å². The molecule has 0 atom stereocenters. The summed E-state index contributed by atoms with van der Waals surface area (Å²) in [6.45, 7) is 11.1. The predicted molar refractivity (Wildman–Crippen MR) is 144 cm³/mol. The summed E-state index contributed by atoms with van der Waals surface area (Å²) >= 11 is 0. The third-order valence-corrected chi connectivity index (χ3v) is 6.42. The van der Waals surface area contributed by atoms with E-state index in [1.807, 2.05) is 0 Å². The summed E-state index contributed by atoms with van der Waals surface area (Å²) in [7, 11) is 0. The van der Waals surface area contributed by atoms with E-state index >= 15 is 0 Å². The van der Waals surface area contributed by atoms with Gasteiger partial charge in [0.05, 0.1) is 6.61 Å². The Bertz CT molecular complexity index is 434. The molecule has 0 bridgehead atoms. The maximum Gasteiger partial charge on any atom is 0.508 e. The minimum atomic E-state index is -0.504. The highest BCUT2D eigenvalue weighted by Crippen LogP contribution is 2.17. The summed E-state index contributed by atoms with van der Waals surface area (Å²) in [5.74, 6) is 0.628. The van der Waals surface area contributed by atoms with Gasteiger partial charge in [0.2, 0.25) is 0 Å². The van der Waals surface area contributed by atoms with Gasteiger partial charge in [-0.25, -0.2) is 4.79 Å². The second-order valence-electron chi connectivity index (χ2n) is 10.5. The average molecular weight is 467 g/mol. The lowest BCUT2D eigenvalue weighted by Gasteiger charge is -2.24. The van der Waals surface area contributed by atoms with Crippen LogP contribution < -0.4 is 0 Å². The zero-order chi connectivity index (χ0) is 24.6. The molecule has 0 saturated heterocycles. The molecule has 0 aliphatic heterocycles. The van der Waals surface area contributed by atoms with Crippen LogP contribution in [0.25, 0.3) is 0 Å². The van der Waals surface area contributed by atoms with Crippen molar-refractivity contribution in [1.29, 1.82) is 0 Å². The fourth-order valence-electron chi connectivity index (χ4n) is 4.40. The molecule has 0 N–H and O–H groups in total. The van der Waals surface area contributed by atoms with Crippen LogP contribution >= 0.6 is 0 Å². The van der Waals surface area contributed by atoms with Crippen LogP contribution in [0.1, 0.15) is 150 Å². The number of carbonyl (C=O) groups excluding carboxylic acids is 1. The van der Waals surface area contributed by atoms with E-state index in [2.05, 4.69) is 46.8 Å². The molecule has 0 aromatic rings. The van der Waals surface area contributed by atoms with E-state index in [1.54, 1.807) is 0 Å². The SMILES string of the molecule is CCCCCCCC/C=C\CCCCCCCCCCCCOC(=O)OC(C(C)C)C(C)C. The lowest BCUT2D eigenvalue weighted by atomic mass is 9.96. The van der Waals surface area contributed by atoms with Crippen LogP contribution in [0.2, 0.25) is 0 Å². The van der Waals surface area contributed by atoms with Gasteiger partial charge >= 0.3 is 6.16 Å². The van der Waals surface area contributed by atoms with Crippen LogP contribution in [0.4, 0.5) is 4.79 Å². The molecule has 196 valence electrons. The molecule has 33 heavy (non-hydrogen) atoms. The molecule has 0 saturated carbocycles. The van der Waals surface area contributed by atoms with Crippen LogP contribution in [0.5, 0.6) is 0 Å². The average Bonchev–Trinajstić information content (AvgIpc) is 2.78. The van der Waals surface area contributed by atoms with Crippen molar-refractivity contribution in [1.82, 2.24) is 0 Å². The van der Waals surface area contributed by atoms with E-state index in [0.29, 0.717) is 18.4 Å². The van der Waals surface area contributed by atoms with Crippen molar-refractivity contribution in [3.05, 3.63) is 12.2 Å². The molecule has 3 nitrogen and oxygen atoms in total. The van der Waals surface area contributed by atoms with Crippen LogP contribution in [0.15, 0.2) is 12.2 Å². The third-order valence-electron chi connectivity index (χ3n) is 6.42. The predicted octanol–water partition coefficient (Wildman–Crippen LogP) is 10.4. The van der Waals surface area contributed by atoms with Crippen molar-refractivity contribution in [2.24, 2.45) is 11.8 Å². The van der Waals surface area contributed by atoms with Crippen LogP contribution in [0, 0.1) is 11.8 Å². The molecular formula is C30H58O3. The molecular weight excluding hydrogens is 408 g/mol. The Morgan fingerprint density at radius 1 is 0.606 bits per heavy atom. The number of ether oxygens (including phenoxy) is 2. The number of carbonyl (C=O) groups is 1. The van der Waals surface area contributed by atoms with Gasteiger partial charge in [0.1, 0.15) is 6.10 Å². The van der Waals surface area contributed by atoms with E-state index in [-0.39, 0.29) is 6.10 Å². The van der Waals surface area contributed by atoms with Gasteiger partial charge in [0.25, 0.3) is 0 Å². The molecule has 0 radical (unpaired) electrons. The molecule has 0 rings (SSSR count). The van der Waals surface area contributed by atoms with E-state index in [9.17, 15) is 4.79 Å². The van der Waals surface area contributed by atoms with E-state index < -0.39 is 6.16 Å². The van der Waals surface area contributed by atoms with E-state index in [4.69, 9.17) is 9.47 Å². The van der Waals surface area contributed by atoms with E-state index in [1.165, 1.54) is 103 Å². The van der Waals surface area contributed by atoms with Crippen molar-refractivity contribution in [3.63, 3.8) is 0 Å². The minimum absolute atomic E-state index is 0.0659. The van der Waals surface area contributed by atoms with E-state index in [0.717, 1.165) is 12.8 Å². The maximum absolute atomic E-state index is 11.8. The third kappa shape index (κ3) is 22.6. The molecule has 0 aromatic heterocycles. The smallest absolute Gasteiger partial charge is 0.434 e. The van der Waals surface area contributed by atoms with Crippen molar-refractivity contribution in [2.45, 2.75) is 156 Å². The Morgan fingerprint density at radius 2 is 1.00 bits per heavy atom. The molecule has 0 aromatic carbocycles. The molecule has 0 fully saturated rings. The quantitative estimate of drug-likeness (QED) is 0.0853. The summed E-state index contributed by atoms with van der Waals surface area (Å²) in [6.07, 6.45) is 28.0. The zero-order valence-electron chi connectivity index (χ0n) is 23.0. The first-order valence-electron chi connectivity index (χ1n) is 14.5. The first-order valence-corrected chi connectivity index (χ1v) is 14.5. The normalized spacial score (nSPS) is 11.9. The summed E-state index contributed by atoms with van der Waals surface area (Å²) in [5, 5.41) is 0.